The van der Waals surface area contributed by atoms with E-state index in [2.05, 4.69) is 0 Å². The monoisotopic (exact) mass is 248 g/mol. The number of aliphatic hydroxyl groups is 1. The Morgan fingerprint density at radius 1 is 1.53 bits per heavy atom. The Balaban J connectivity index is 2.53. The van der Waals surface area contributed by atoms with Crippen LogP contribution in [0, 0.1) is 5.82 Å². The highest BCUT2D eigenvalue weighted by atomic mass is 35.5. The second-order valence-electron chi connectivity index (χ2n) is 3.27. The Bertz CT molecular complexity index is 319. The first-order valence-electron chi connectivity index (χ1n) is 4.83. The lowest BCUT2D eigenvalue weighted by Crippen LogP contribution is -2.13. The number of aliphatic hydroxyl groups excluding tert-OH is 1. The highest BCUT2D eigenvalue weighted by Crippen LogP contribution is 2.17. The lowest BCUT2D eigenvalue weighted by atomic mass is 10.1. The van der Waals surface area contributed by atoms with Crippen molar-refractivity contribution in [3.05, 3.63) is 34.6 Å². The Labute approximate surface area is 98.6 Å². The summed E-state index contributed by atoms with van der Waals surface area (Å²) in [7, 11) is 0. The summed E-state index contributed by atoms with van der Waals surface area (Å²) in [6, 6.07) is 4.64. The van der Waals surface area contributed by atoms with Crippen molar-refractivity contribution in [2.45, 2.75) is 19.4 Å². The molecule has 1 aromatic rings. The number of halogens is 2. The van der Waals surface area contributed by atoms with E-state index in [1.807, 2.05) is 6.92 Å². The van der Waals surface area contributed by atoms with Gasteiger partial charge in [-0.1, -0.05) is 24.6 Å². The van der Waals surface area contributed by atoms with Gasteiger partial charge in [-0.2, -0.15) is 11.8 Å². The highest BCUT2D eigenvalue weighted by molar-refractivity contribution is 7.99. The van der Waals surface area contributed by atoms with Gasteiger partial charge in [-0.15, -0.1) is 0 Å². The maximum Gasteiger partial charge on any atom is 0.142 e. The lowest BCUT2D eigenvalue weighted by Gasteiger charge is -2.09. The third-order valence-corrected chi connectivity index (χ3v) is 3.30. The van der Waals surface area contributed by atoms with Gasteiger partial charge in [0.15, 0.2) is 0 Å². The van der Waals surface area contributed by atoms with E-state index in [9.17, 15) is 9.50 Å². The second-order valence-corrected chi connectivity index (χ2v) is 4.99. The normalized spacial score (nSPS) is 12.8. The van der Waals surface area contributed by atoms with E-state index >= 15 is 0 Å². The zero-order valence-electron chi connectivity index (χ0n) is 8.54. The van der Waals surface area contributed by atoms with Crippen molar-refractivity contribution >= 4 is 23.4 Å². The lowest BCUT2D eigenvalue weighted by molar-refractivity contribution is 0.200. The average Bonchev–Trinajstić information content (AvgIpc) is 2.20. The third-order valence-electron chi connectivity index (χ3n) is 1.97. The van der Waals surface area contributed by atoms with E-state index in [1.165, 1.54) is 12.1 Å². The molecule has 0 aliphatic heterocycles. The zero-order valence-corrected chi connectivity index (χ0v) is 10.1. The molecule has 1 aromatic carbocycles. The van der Waals surface area contributed by atoms with Gasteiger partial charge in [0, 0.05) is 5.75 Å². The van der Waals surface area contributed by atoms with Crippen LogP contribution in [0.1, 0.15) is 12.5 Å². The molecule has 1 atom stereocenters. The van der Waals surface area contributed by atoms with Gasteiger partial charge in [0.05, 0.1) is 11.1 Å². The minimum Gasteiger partial charge on any atom is -0.392 e. The number of thioether (sulfide) groups is 1. The molecular formula is C11H14ClFOS. The molecule has 4 heteroatoms. The first kappa shape index (κ1) is 12.8. The van der Waals surface area contributed by atoms with Gasteiger partial charge in [-0.3, -0.25) is 0 Å². The van der Waals surface area contributed by atoms with Crippen molar-refractivity contribution in [3.63, 3.8) is 0 Å². The van der Waals surface area contributed by atoms with Gasteiger partial charge < -0.3 is 5.11 Å². The average molecular weight is 249 g/mol. The smallest absolute Gasteiger partial charge is 0.142 e. The molecule has 1 N–H and O–H groups in total. The molecule has 84 valence electrons. The second kappa shape index (κ2) is 6.36. The van der Waals surface area contributed by atoms with Crippen molar-refractivity contribution < 1.29 is 9.50 Å². The van der Waals surface area contributed by atoms with E-state index in [1.54, 1.807) is 17.8 Å². The van der Waals surface area contributed by atoms with Crippen molar-refractivity contribution in [2.75, 3.05) is 11.5 Å². The van der Waals surface area contributed by atoms with Crippen LogP contribution >= 0.6 is 23.4 Å². The third kappa shape index (κ3) is 4.41. The fourth-order valence-corrected chi connectivity index (χ4v) is 1.99. The molecule has 0 aliphatic rings. The van der Waals surface area contributed by atoms with Crippen LogP contribution in [0.15, 0.2) is 18.2 Å². The van der Waals surface area contributed by atoms with Crippen molar-refractivity contribution in [2.24, 2.45) is 0 Å². The van der Waals surface area contributed by atoms with Crippen LogP contribution in [0.4, 0.5) is 4.39 Å². The van der Waals surface area contributed by atoms with E-state index in [-0.39, 0.29) is 5.02 Å². The predicted octanol–water partition coefficient (Wildman–Crippen LogP) is 3.14. The van der Waals surface area contributed by atoms with Gasteiger partial charge >= 0.3 is 0 Å². The van der Waals surface area contributed by atoms with E-state index in [4.69, 9.17) is 11.6 Å². The maximum atomic E-state index is 13.1. The van der Waals surface area contributed by atoms with E-state index in [0.717, 1.165) is 11.3 Å². The van der Waals surface area contributed by atoms with Gasteiger partial charge in [0.2, 0.25) is 0 Å². The molecule has 0 aliphatic carbocycles. The minimum atomic E-state index is -0.426. The van der Waals surface area contributed by atoms with Crippen LogP contribution in [0.25, 0.3) is 0 Å². The van der Waals surface area contributed by atoms with Crippen LogP contribution < -0.4 is 0 Å². The Kier molecular flexibility index (Phi) is 5.43. The molecule has 0 heterocycles. The summed E-state index contributed by atoms with van der Waals surface area (Å²) in [5.74, 6) is 1.23. The number of benzene rings is 1. The van der Waals surface area contributed by atoms with Gasteiger partial charge in [-0.05, 0) is 29.9 Å². The first-order chi connectivity index (χ1) is 7.13. The number of hydrogen-bond donors (Lipinski definition) is 1. The summed E-state index contributed by atoms with van der Waals surface area (Å²) in [6.45, 7) is 2.04. The highest BCUT2D eigenvalue weighted by Gasteiger charge is 2.07. The number of rotatable bonds is 5. The topological polar surface area (TPSA) is 20.2 Å². The standard InChI is InChI=1S/C11H14ClFOS/c1-2-15-7-9(14)5-8-3-4-10(12)11(13)6-8/h3-4,6,9,14H,2,5,7H2,1H3. The molecule has 0 spiro atoms. The first-order valence-corrected chi connectivity index (χ1v) is 6.36. The maximum absolute atomic E-state index is 13.1. The fraction of sp³-hybridized carbons (Fsp3) is 0.455. The van der Waals surface area contributed by atoms with Crippen LogP contribution in [0.2, 0.25) is 5.02 Å². The largest absolute Gasteiger partial charge is 0.392 e. The quantitative estimate of drug-likeness (QED) is 0.864. The summed E-state index contributed by atoms with van der Waals surface area (Å²) in [6.07, 6.45) is 0.0525. The summed E-state index contributed by atoms with van der Waals surface area (Å²) in [4.78, 5) is 0. The Morgan fingerprint density at radius 3 is 2.87 bits per heavy atom. The van der Waals surface area contributed by atoms with Gasteiger partial charge in [0.25, 0.3) is 0 Å². The van der Waals surface area contributed by atoms with E-state index < -0.39 is 11.9 Å². The fourth-order valence-electron chi connectivity index (χ4n) is 1.25. The molecule has 0 amide bonds. The molecule has 0 radical (unpaired) electrons. The van der Waals surface area contributed by atoms with Crippen molar-refractivity contribution in [1.82, 2.24) is 0 Å². The molecule has 0 aromatic heterocycles. The molecule has 1 nitrogen and oxygen atoms in total. The molecule has 0 fully saturated rings. The number of hydrogen-bond acceptors (Lipinski definition) is 2. The van der Waals surface area contributed by atoms with Gasteiger partial charge in [-0.25, -0.2) is 4.39 Å². The Hall–Kier alpha value is -0.250. The van der Waals surface area contributed by atoms with Crippen LogP contribution in [0.5, 0.6) is 0 Å². The van der Waals surface area contributed by atoms with Crippen LogP contribution in [0.3, 0.4) is 0 Å². The molecular weight excluding hydrogens is 235 g/mol. The van der Waals surface area contributed by atoms with E-state index in [0.29, 0.717) is 12.2 Å². The van der Waals surface area contributed by atoms with Crippen molar-refractivity contribution in [1.29, 1.82) is 0 Å². The molecule has 0 saturated heterocycles. The summed E-state index contributed by atoms with van der Waals surface area (Å²) < 4.78 is 13.1. The minimum absolute atomic E-state index is 0.121. The summed E-state index contributed by atoms with van der Waals surface area (Å²) in [5.41, 5.74) is 0.779. The van der Waals surface area contributed by atoms with Gasteiger partial charge in [0.1, 0.15) is 5.82 Å². The summed E-state index contributed by atoms with van der Waals surface area (Å²) >= 11 is 7.23. The molecule has 1 rings (SSSR count). The molecule has 0 bridgehead atoms. The predicted molar refractivity (Wildman–Crippen MR) is 64.1 cm³/mol. The molecule has 15 heavy (non-hydrogen) atoms. The SMILES string of the molecule is CCSCC(O)Cc1ccc(Cl)c(F)c1. The van der Waals surface area contributed by atoms with Crippen molar-refractivity contribution in [3.8, 4) is 0 Å². The molecule has 0 saturated carbocycles. The summed E-state index contributed by atoms with van der Waals surface area (Å²) in [5, 5.41) is 9.74. The Morgan fingerprint density at radius 2 is 2.27 bits per heavy atom. The van der Waals surface area contributed by atoms with Crippen LogP contribution in [-0.4, -0.2) is 22.7 Å². The van der Waals surface area contributed by atoms with Crippen LogP contribution in [-0.2, 0) is 6.42 Å². The molecule has 1 unspecified atom stereocenters. The zero-order chi connectivity index (χ0) is 11.3.